The maximum Gasteiger partial charge on any atom is 0.238 e. The van der Waals surface area contributed by atoms with E-state index in [0.29, 0.717) is 10.0 Å². The molecule has 1 aromatic rings. The first kappa shape index (κ1) is 17.1. The Hall–Kier alpha value is -0.950. The van der Waals surface area contributed by atoms with Crippen LogP contribution in [-0.2, 0) is 21.2 Å². The molecule has 0 bridgehead atoms. The van der Waals surface area contributed by atoms with Crippen LogP contribution in [0.1, 0.15) is 26.3 Å². The van der Waals surface area contributed by atoms with Gasteiger partial charge in [-0.2, -0.15) is 0 Å². The molecule has 0 fully saturated rings. The number of carbonyl (C=O) groups excluding carboxylic acids is 1. The molecule has 4 nitrogen and oxygen atoms in total. The van der Waals surface area contributed by atoms with E-state index in [-0.39, 0.29) is 6.54 Å². The molecule has 1 amide bonds. The number of nitrogens with one attached hydrogen (secondary N) is 1. The number of hydrogen-bond donors (Lipinski definition) is 1. The van der Waals surface area contributed by atoms with Gasteiger partial charge in [0, 0.05) is 11.0 Å². The van der Waals surface area contributed by atoms with Crippen molar-refractivity contribution in [3.05, 3.63) is 34.1 Å². The number of sulfone groups is 1. The molecule has 112 valence electrons. The predicted octanol–water partition coefficient (Wildman–Crippen LogP) is 2.42. The topological polar surface area (TPSA) is 63.2 Å². The van der Waals surface area contributed by atoms with Crippen LogP contribution < -0.4 is 5.32 Å². The fraction of sp³-hybridized carbons (Fsp3) is 0.462. The summed E-state index contributed by atoms with van der Waals surface area (Å²) in [5.74, 6) is -1.01. The molecular formula is C13H17BrFNO3S. The van der Waals surface area contributed by atoms with E-state index < -0.39 is 32.1 Å². The number of benzene rings is 1. The highest BCUT2D eigenvalue weighted by Gasteiger charge is 2.30. The van der Waals surface area contributed by atoms with Gasteiger partial charge < -0.3 is 5.32 Å². The lowest BCUT2D eigenvalue weighted by atomic mass is 10.2. The second-order valence-corrected chi connectivity index (χ2v) is 8.52. The van der Waals surface area contributed by atoms with Gasteiger partial charge in [-0.1, -0.05) is 15.9 Å². The van der Waals surface area contributed by atoms with E-state index in [9.17, 15) is 17.6 Å². The van der Waals surface area contributed by atoms with Crippen molar-refractivity contribution in [2.24, 2.45) is 0 Å². The summed E-state index contributed by atoms with van der Waals surface area (Å²) in [4.78, 5) is 11.8. The van der Waals surface area contributed by atoms with Crippen LogP contribution in [0.25, 0.3) is 0 Å². The zero-order valence-corrected chi connectivity index (χ0v) is 13.9. The minimum absolute atomic E-state index is 0.0765. The van der Waals surface area contributed by atoms with Crippen molar-refractivity contribution in [2.75, 3.05) is 0 Å². The third-order valence-corrected chi connectivity index (χ3v) is 5.88. The van der Waals surface area contributed by atoms with Crippen LogP contribution in [0.4, 0.5) is 4.39 Å². The van der Waals surface area contributed by atoms with Gasteiger partial charge in [-0.25, -0.2) is 12.8 Å². The summed E-state index contributed by atoms with van der Waals surface area (Å²) in [5, 5.41) is 0.764. The van der Waals surface area contributed by atoms with Crippen LogP contribution in [-0.4, -0.2) is 24.8 Å². The van der Waals surface area contributed by atoms with Crippen LogP contribution in [0, 0.1) is 5.82 Å². The summed E-state index contributed by atoms with van der Waals surface area (Å²) in [6, 6.07) is 4.24. The normalized spacial score (nSPS) is 13.3. The molecule has 1 aromatic carbocycles. The quantitative estimate of drug-likeness (QED) is 0.871. The Balaban J connectivity index is 2.73. The minimum atomic E-state index is -3.49. The van der Waals surface area contributed by atoms with Gasteiger partial charge >= 0.3 is 0 Å². The van der Waals surface area contributed by atoms with Gasteiger partial charge in [0.2, 0.25) is 5.91 Å². The van der Waals surface area contributed by atoms with Gasteiger partial charge in [0.1, 0.15) is 11.1 Å². The first-order chi connectivity index (χ1) is 9.14. The summed E-state index contributed by atoms with van der Waals surface area (Å²) >= 11 is 3.15. The minimum Gasteiger partial charge on any atom is -0.351 e. The van der Waals surface area contributed by atoms with E-state index in [1.165, 1.54) is 32.9 Å². The van der Waals surface area contributed by atoms with Crippen molar-refractivity contribution in [2.45, 2.75) is 37.8 Å². The molecule has 0 radical (unpaired) electrons. The van der Waals surface area contributed by atoms with Crippen LogP contribution in [0.2, 0.25) is 0 Å². The Labute approximate surface area is 126 Å². The largest absolute Gasteiger partial charge is 0.351 e. The van der Waals surface area contributed by atoms with Gasteiger partial charge in [0.15, 0.2) is 9.84 Å². The average Bonchev–Trinajstić information content (AvgIpc) is 2.33. The Bertz CT molecular complexity index is 581. The molecule has 0 aliphatic rings. The Kier molecular flexibility index (Phi) is 5.70. The average molecular weight is 366 g/mol. The van der Waals surface area contributed by atoms with Crippen molar-refractivity contribution in [3.63, 3.8) is 0 Å². The first-order valence-electron chi connectivity index (χ1n) is 6.10. The Morgan fingerprint density at radius 1 is 1.30 bits per heavy atom. The lowest BCUT2D eigenvalue weighted by Gasteiger charge is -2.15. The third kappa shape index (κ3) is 4.28. The molecule has 0 aliphatic carbocycles. The second kappa shape index (κ2) is 6.67. The van der Waals surface area contributed by atoms with Gasteiger partial charge in [-0.05, 0) is 44.5 Å². The number of halogens is 2. The summed E-state index contributed by atoms with van der Waals surface area (Å²) < 4.78 is 37.5. The SMILES string of the molecule is CC(C)S(=O)(=O)C(C)C(=O)NCc1cc(F)cc(Br)c1. The second-order valence-electron chi connectivity index (χ2n) is 4.78. The lowest BCUT2D eigenvalue weighted by Crippen LogP contribution is -2.40. The van der Waals surface area contributed by atoms with Crippen molar-refractivity contribution in [3.8, 4) is 0 Å². The van der Waals surface area contributed by atoms with E-state index in [1.54, 1.807) is 6.07 Å². The molecule has 1 unspecified atom stereocenters. The van der Waals surface area contributed by atoms with Crippen molar-refractivity contribution < 1.29 is 17.6 Å². The molecule has 1 N–H and O–H groups in total. The molecule has 0 saturated carbocycles. The van der Waals surface area contributed by atoms with Gasteiger partial charge in [-0.15, -0.1) is 0 Å². The number of carbonyl (C=O) groups is 1. The third-order valence-electron chi connectivity index (χ3n) is 2.91. The highest BCUT2D eigenvalue weighted by atomic mass is 79.9. The first-order valence-corrected chi connectivity index (χ1v) is 8.50. The summed E-state index contributed by atoms with van der Waals surface area (Å²) in [7, 11) is -3.49. The molecule has 0 heterocycles. The van der Waals surface area contributed by atoms with Gasteiger partial charge in [0.05, 0.1) is 5.25 Å². The Morgan fingerprint density at radius 2 is 1.90 bits per heavy atom. The van der Waals surface area contributed by atoms with Crippen LogP contribution in [0.5, 0.6) is 0 Å². The molecule has 0 aliphatic heterocycles. The molecule has 0 saturated heterocycles. The molecule has 20 heavy (non-hydrogen) atoms. The molecule has 1 atom stereocenters. The highest BCUT2D eigenvalue weighted by molar-refractivity contribution is 9.10. The maximum absolute atomic E-state index is 13.2. The van der Waals surface area contributed by atoms with E-state index in [4.69, 9.17) is 0 Å². The summed E-state index contributed by atoms with van der Waals surface area (Å²) in [6.07, 6.45) is 0. The monoisotopic (exact) mass is 365 g/mol. The van der Waals surface area contributed by atoms with E-state index >= 15 is 0 Å². The zero-order valence-electron chi connectivity index (χ0n) is 11.5. The van der Waals surface area contributed by atoms with Crippen LogP contribution in [0.3, 0.4) is 0 Å². The summed E-state index contributed by atoms with van der Waals surface area (Å²) in [5.41, 5.74) is 0.555. The molecular weight excluding hydrogens is 349 g/mol. The summed E-state index contributed by atoms with van der Waals surface area (Å²) in [6.45, 7) is 4.49. The maximum atomic E-state index is 13.2. The van der Waals surface area contributed by atoms with Crippen molar-refractivity contribution in [1.29, 1.82) is 0 Å². The van der Waals surface area contributed by atoms with Gasteiger partial charge in [0.25, 0.3) is 0 Å². The van der Waals surface area contributed by atoms with Crippen molar-refractivity contribution in [1.82, 2.24) is 5.32 Å². The molecule has 0 aromatic heterocycles. The number of hydrogen-bond acceptors (Lipinski definition) is 3. The predicted molar refractivity (Wildman–Crippen MR) is 79.5 cm³/mol. The molecule has 1 rings (SSSR count). The van der Waals surface area contributed by atoms with Crippen LogP contribution in [0.15, 0.2) is 22.7 Å². The number of amides is 1. The number of rotatable bonds is 5. The van der Waals surface area contributed by atoms with E-state index in [0.717, 1.165) is 0 Å². The van der Waals surface area contributed by atoms with Crippen LogP contribution >= 0.6 is 15.9 Å². The van der Waals surface area contributed by atoms with Crippen molar-refractivity contribution >= 4 is 31.7 Å². The molecule has 0 spiro atoms. The van der Waals surface area contributed by atoms with Gasteiger partial charge in [-0.3, -0.25) is 4.79 Å². The van der Waals surface area contributed by atoms with E-state index in [2.05, 4.69) is 21.2 Å². The lowest BCUT2D eigenvalue weighted by molar-refractivity contribution is -0.120. The Morgan fingerprint density at radius 3 is 2.40 bits per heavy atom. The zero-order chi connectivity index (χ0) is 15.5. The fourth-order valence-corrected chi connectivity index (χ4v) is 3.31. The standard InChI is InChI=1S/C13H17BrFNO3S/c1-8(2)20(18,19)9(3)13(17)16-7-10-4-11(14)6-12(15)5-10/h4-6,8-9H,7H2,1-3H3,(H,16,17). The smallest absolute Gasteiger partial charge is 0.238 e. The van der Waals surface area contributed by atoms with E-state index in [1.807, 2.05) is 0 Å². The fourth-order valence-electron chi connectivity index (χ4n) is 1.60. The highest BCUT2D eigenvalue weighted by Crippen LogP contribution is 2.15. The molecule has 7 heteroatoms.